The number of rotatable bonds is 4. The minimum absolute atomic E-state index is 0.236. The van der Waals surface area contributed by atoms with Gasteiger partial charge in [0.15, 0.2) is 11.5 Å². The molecule has 7 heteroatoms. The third-order valence-electron chi connectivity index (χ3n) is 3.23. The van der Waals surface area contributed by atoms with E-state index in [4.69, 9.17) is 62.7 Å². The average Bonchev–Trinajstić information content (AvgIpc) is 2.53. The Morgan fingerprint density at radius 3 is 1.60 bits per heavy atom. The van der Waals surface area contributed by atoms with Crippen molar-refractivity contribution in [2.45, 2.75) is 0 Å². The van der Waals surface area contributed by atoms with E-state index >= 15 is 0 Å². The van der Waals surface area contributed by atoms with Crippen LogP contribution in [0.15, 0.2) is 54.6 Å². The van der Waals surface area contributed by atoms with Crippen molar-refractivity contribution in [2.24, 2.45) is 0 Å². The second-order valence-corrected chi connectivity index (χ2v) is 7.13. The molecular formula is C18H10Cl5NO. The van der Waals surface area contributed by atoms with E-state index in [-0.39, 0.29) is 21.5 Å². The van der Waals surface area contributed by atoms with Crippen LogP contribution in [-0.4, -0.2) is 0 Å². The Labute approximate surface area is 170 Å². The van der Waals surface area contributed by atoms with Gasteiger partial charge in [-0.2, -0.15) is 0 Å². The van der Waals surface area contributed by atoms with Crippen LogP contribution in [0.2, 0.25) is 25.1 Å². The largest absolute Gasteiger partial charge is 0.451 e. The monoisotopic (exact) mass is 431 g/mol. The van der Waals surface area contributed by atoms with E-state index in [1.807, 2.05) is 30.3 Å². The van der Waals surface area contributed by atoms with Crippen LogP contribution >= 0.6 is 58.0 Å². The highest BCUT2D eigenvalue weighted by Gasteiger charge is 2.16. The predicted molar refractivity (Wildman–Crippen MR) is 108 cm³/mol. The fourth-order valence-electron chi connectivity index (χ4n) is 2.15. The molecule has 128 valence electrons. The van der Waals surface area contributed by atoms with E-state index in [0.717, 1.165) is 11.4 Å². The molecule has 0 spiro atoms. The van der Waals surface area contributed by atoms with Crippen molar-refractivity contribution in [3.8, 4) is 11.5 Å². The number of para-hydroxylation sites is 1. The number of hydrogen-bond acceptors (Lipinski definition) is 2. The van der Waals surface area contributed by atoms with Crippen molar-refractivity contribution >= 4 is 69.4 Å². The summed E-state index contributed by atoms with van der Waals surface area (Å²) in [4.78, 5) is 0. The molecule has 25 heavy (non-hydrogen) atoms. The van der Waals surface area contributed by atoms with Crippen LogP contribution in [-0.2, 0) is 0 Å². The molecule has 3 aromatic carbocycles. The lowest BCUT2D eigenvalue weighted by Gasteiger charge is -2.14. The van der Waals surface area contributed by atoms with Gasteiger partial charge in [-0.05, 0) is 36.4 Å². The summed E-state index contributed by atoms with van der Waals surface area (Å²) >= 11 is 30.8. The van der Waals surface area contributed by atoms with Gasteiger partial charge in [0.1, 0.15) is 0 Å². The molecular weight excluding hydrogens is 423 g/mol. The first-order valence-corrected chi connectivity index (χ1v) is 8.96. The number of halogens is 5. The standard InChI is InChI=1S/C18H10Cl5NO/c19-10-6-13(20)17(14(21)7-10)25-18-15(22)8-12(9-16(18)23)24-11-4-2-1-3-5-11/h1-9,24H. The zero-order valence-corrected chi connectivity index (χ0v) is 16.3. The van der Waals surface area contributed by atoms with Crippen LogP contribution in [0, 0.1) is 0 Å². The summed E-state index contributed by atoms with van der Waals surface area (Å²) < 4.78 is 5.75. The second-order valence-electron chi connectivity index (χ2n) is 5.06. The highest BCUT2D eigenvalue weighted by atomic mass is 35.5. The summed E-state index contributed by atoms with van der Waals surface area (Å²) in [6.07, 6.45) is 0. The Morgan fingerprint density at radius 1 is 0.600 bits per heavy atom. The van der Waals surface area contributed by atoms with Crippen LogP contribution in [0.4, 0.5) is 11.4 Å². The Hall–Kier alpha value is -1.29. The number of benzene rings is 3. The molecule has 0 heterocycles. The van der Waals surface area contributed by atoms with Crippen LogP contribution in [0.25, 0.3) is 0 Å². The molecule has 0 aliphatic heterocycles. The topological polar surface area (TPSA) is 21.3 Å². The van der Waals surface area contributed by atoms with E-state index in [0.29, 0.717) is 15.1 Å². The Balaban J connectivity index is 1.91. The maximum Gasteiger partial charge on any atom is 0.164 e. The average molecular weight is 434 g/mol. The van der Waals surface area contributed by atoms with Crippen molar-refractivity contribution in [1.82, 2.24) is 0 Å². The first-order chi connectivity index (χ1) is 11.9. The van der Waals surface area contributed by atoms with E-state index in [1.165, 1.54) is 12.1 Å². The highest BCUT2D eigenvalue weighted by molar-refractivity contribution is 6.40. The third kappa shape index (κ3) is 4.46. The maximum absolute atomic E-state index is 6.33. The molecule has 0 bridgehead atoms. The van der Waals surface area contributed by atoms with Gasteiger partial charge in [0, 0.05) is 16.4 Å². The highest BCUT2D eigenvalue weighted by Crippen LogP contribution is 2.44. The van der Waals surface area contributed by atoms with Gasteiger partial charge in [-0.3, -0.25) is 0 Å². The summed E-state index contributed by atoms with van der Waals surface area (Å²) in [5.74, 6) is 0.494. The van der Waals surface area contributed by atoms with Gasteiger partial charge in [0.25, 0.3) is 0 Å². The van der Waals surface area contributed by atoms with Crippen molar-refractivity contribution < 1.29 is 4.74 Å². The molecule has 2 nitrogen and oxygen atoms in total. The maximum atomic E-state index is 6.33. The molecule has 0 amide bonds. The van der Waals surface area contributed by atoms with Crippen molar-refractivity contribution in [3.05, 3.63) is 79.7 Å². The lowest BCUT2D eigenvalue weighted by Crippen LogP contribution is -1.93. The van der Waals surface area contributed by atoms with E-state index < -0.39 is 0 Å². The third-order valence-corrected chi connectivity index (χ3v) is 4.57. The molecule has 0 radical (unpaired) electrons. The second kappa shape index (κ2) is 7.94. The Kier molecular flexibility index (Phi) is 5.88. The first-order valence-electron chi connectivity index (χ1n) is 7.07. The molecule has 1 N–H and O–H groups in total. The minimum atomic E-state index is 0.236. The number of hydrogen-bond donors (Lipinski definition) is 1. The fraction of sp³-hybridized carbons (Fsp3) is 0. The van der Waals surface area contributed by atoms with E-state index in [2.05, 4.69) is 5.32 Å². The molecule has 0 unspecified atom stereocenters. The van der Waals surface area contributed by atoms with Gasteiger partial charge >= 0.3 is 0 Å². The predicted octanol–water partition coefficient (Wildman–Crippen LogP) is 8.49. The molecule has 3 rings (SSSR count). The van der Waals surface area contributed by atoms with Crippen LogP contribution in [0.5, 0.6) is 11.5 Å². The van der Waals surface area contributed by atoms with E-state index in [9.17, 15) is 0 Å². The number of ether oxygens (including phenoxy) is 1. The summed E-state index contributed by atoms with van der Waals surface area (Å²) in [5, 5.41) is 4.76. The van der Waals surface area contributed by atoms with Crippen molar-refractivity contribution in [3.63, 3.8) is 0 Å². The minimum Gasteiger partial charge on any atom is -0.451 e. The van der Waals surface area contributed by atoms with Crippen LogP contribution in [0.3, 0.4) is 0 Å². The summed E-state index contributed by atoms with van der Waals surface area (Å²) in [5.41, 5.74) is 1.63. The van der Waals surface area contributed by atoms with Gasteiger partial charge in [-0.15, -0.1) is 0 Å². The molecule has 0 saturated carbocycles. The fourth-order valence-corrected chi connectivity index (χ4v) is 3.60. The zero-order chi connectivity index (χ0) is 18.0. The van der Waals surface area contributed by atoms with Gasteiger partial charge in [-0.25, -0.2) is 0 Å². The van der Waals surface area contributed by atoms with Gasteiger partial charge < -0.3 is 10.1 Å². The lowest BCUT2D eigenvalue weighted by atomic mass is 10.2. The van der Waals surface area contributed by atoms with Gasteiger partial charge in [-0.1, -0.05) is 76.2 Å². The normalized spacial score (nSPS) is 10.6. The van der Waals surface area contributed by atoms with E-state index in [1.54, 1.807) is 12.1 Å². The van der Waals surface area contributed by atoms with Crippen molar-refractivity contribution in [1.29, 1.82) is 0 Å². The molecule has 0 aliphatic carbocycles. The Morgan fingerprint density at radius 2 is 1.08 bits per heavy atom. The molecule has 3 aromatic rings. The van der Waals surface area contributed by atoms with Crippen molar-refractivity contribution in [2.75, 3.05) is 5.32 Å². The Bertz CT molecular complexity index is 869. The molecule has 0 fully saturated rings. The number of anilines is 2. The summed E-state index contributed by atoms with van der Waals surface area (Å²) in [7, 11) is 0. The quantitative estimate of drug-likeness (QED) is 0.445. The summed E-state index contributed by atoms with van der Waals surface area (Å²) in [6.45, 7) is 0. The van der Waals surface area contributed by atoms with Gasteiger partial charge in [0.05, 0.1) is 20.1 Å². The molecule has 0 aromatic heterocycles. The zero-order valence-electron chi connectivity index (χ0n) is 12.5. The van der Waals surface area contributed by atoms with Gasteiger partial charge in [0.2, 0.25) is 0 Å². The first kappa shape index (κ1) is 18.5. The molecule has 0 atom stereocenters. The lowest BCUT2D eigenvalue weighted by molar-refractivity contribution is 0.484. The SMILES string of the molecule is Clc1cc(Cl)c(Oc2c(Cl)cc(Nc3ccccc3)cc2Cl)c(Cl)c1. The summed E-state index contributed by atoms with van der Waals surface area (Å²) in [6, 6.07) is 16.1. The number of nitrogens with one attached hydrogen (secondary N) is 1. The smallest absolute Gasteiger partial charge is 0.164 e. The van der Waals surface area contributed by atoms with Crippen LogP contribution in [0.1, 0.15) is 0 Å². The molecule has 0 aliphatic rings. The van der Waals surface area contributed by atoms with Crippen LogP contribution < -0.4 is 10.1 Å². The molecule has 0 saturated heterocycles.